The maximum absolute atomic E-state index is 14.9. The lowest BCUT2D eigenvalue weighted by Crippen LogP contribution is -2.42. The second kappa shape index (κ2) is 4.17. The van der Waals surface area contributed by atoms with Crippen LogP contribution in [0.5, 0.6) is 0 Å². The molecule has 1 aromatic carbocycles. The van der Waals surface area contributed by atoms with Crippen molar-refractivity contribution in [2.45, 2.75) is 40.3 Å². The zero-order chi connectivity index (χ0) is 12.6. The molecule has 0 saturated heterocycles. The Morgan fingerprint density at radius 1 is 1.12 bits per heavy atom. The minimum atomic E-state index is -1.47. The molecule has 0 aliphatic rings. The van der Waals surface area contributed by atoms with Crippen LogP contribution in [0.25, 0.3) is 0 Å². The molecule has 0 fully saturated rings. The zero-order valence-electron chi connectivity index (χ0n) is 10.9. The van der Waals surface area contributed by atoms with Crippen molar-refractivity contribution in [3.63, 3.8) is 0 Å². The summed E-state index contributed by atoms with van der Waals surface area (Å²) in [5, 5.41) is 0. The molecule has 16 heavy (non-hydrogen) atoms. The Morgan fingerprint density at radius 2 is 1.69 bits per heavy atom. The van der Waals surface area contributed by atoms with Gasteiger partial charge in [0.25, 0.3) is 0 Å². The molecule has 1 nitrogen and oxygen atoms in total. The molecular formula is C14H22FN. The van der Waals surface area contributed by atoms with Crippen LogP contribution in [0.1, 0.15) is 37.5 Å². The van der Waals surface area contributed by atoms with Crippen LogP contribution in [0, 0.1) is 19.3 Å². The van der Waals surface area contributed by atoms with Crippen molar-refractivity contribution >= 4 is 0 Å². The maximum atomic E-state index is 14.9. The van der Waals surface area contributed by atoms with Crippen LogP contribution in [-0.2, 0) is 5.67 Å². The lowest BCUT2D eigenvalue weighted by Gasteiger charge is -2.37. The van der Waals surface area contributed by atoms with Crippen molar-refractivity contribution in [3.05, 3.63) is 34.9 Å². The molecule has 1 rings (SSSR count). The highest BCUT2D eigenvalue weighted by atomic mass is 19.1. The first-order valence-corrected chi connectivity index (χ1v) is 5.69. The average molecular weight is 223 g/mol. The number of hydrogen-bond donors (Lipinski definition) is 1. The van der Waals surface area contributed by atoms with Crippen molar-refractivity contribution in [1.82, 2.24) is 0 Å². The third-order valence-corrected chi connectivity index (χ3v) is 3.43. The summed E-state index contributed by atoms with van der Waals surface area (Å²) in [5.41, 5.74) is 6.65. The lowest BCUT2D eigenvalue weighted by molar-refractivity contribution is 0.0342. The summed E-state index contributed by atoms with van der Waals surface area (Å²) in [5.74, 6) is 0. The monoisotopic (exact) mass is 223 g/mol. The van der Waals surface area contributed by atoms with Crippen LogP contribution in [0.3, 0.4) is 0 Å². The first kappa shape index (κ1) is 13.2. The van der Waals surface area contributed by atoms with Crippen LogP contribution < -0.4 is 5.73 Å². The molecule has 2 heteroatoms. The smallest absolute Gasteiger partial charge is 0.152 e. The molecule has 1 aromatic rings. The predicted octanol–water partition coefficient (Wildman–Crippen LogP) is 3.47. The number of hydrogen-bond acceptors (Lipinski definition) is 1. The molecule has 0 amide bonds. The van der Waals surface area contributed by atoms with Gasteiger partial charge in [0, 0.05) is 12.0 Å². The van der Waals surface area contributed by atoms with E-state index in [4.69, 9.17) is 5.73 Å². The maximum Gasteiger partial charge on any atom is 0.152 e. The molecule has 1 atom stereocenters. The molecular weight excluding hydrogens is 201 g/mol. The second-order valence-corrected chi connectivity index (χ2v) is 5.55. The van der Waals surface area contributed by atoms with Crippen LogP contribution >= 0.6 is 0 Å². The molecule has 0 bridgehead atoms. The summed E-state index contributed by atoms with van der Waals surface area (Å²) in [6.07, 6.45) is 0. The van der Waals surface area contributed by atoms with E-state index in [1.807, 2.05) is 52.8 Å². The Kier molecular flexibility index (Phi) is 3.44. The normalized spacial score (nSPS) is 15.9. The molecule has 0 spiro atoms. The standard InChI is InChI=1S/C14H22FN/c1-10-6-7-12(8-11(10)2)14(15,9-16)13(3,4)5/h6-8H,9,16H2,1-5H3. The average Bonchev–Trinajstić information content (AvgIpc) is 2.19. The first-order chi connectivity index (χ1) is 7.22. The lowest BCUT2D eigenvalue weighted by atomic mass is 9.73. The fourth-order valence-electron chi connectivity index (χ4n) is 1.84. The fourth-order valence-corrected chi connectivity index (χ4v) is 1.84. The summed E-state index contributed by atoms with van der Waals surface area (Å²) >= 11 is 0. The van der Waals surface area contributed by atoms with E-state index in [0.29, 0.717) is 5.56 Å². The zero-order valence-corrected chi connectivity index (χ0v) is 10.9. The minimum absolute atomic E-state index is 0.0129. The van der Waals surface area contributed by atoms with Crippen molar-refractivity contribution < 1.29 is 4.39 Å². The quantitative estimate of drug-likeness (QED) is 0.816. The third-order valence-electron chi connectivity index (χ3n) is 3.43. The van der Waals surface area contributed by atoms with Crippen LogP contribution in [0.15, 0.2) is 18.2 Å². The van der Waals surface area contributed by atoms with E-state index in [1.54, 1.807) is 0 Å². The minimum Gasteiger partial charge on any atom is -0.327 e. The Hall–Kier alpha value is -0.890. The summed E-state index contributed by atoms with van der Waals surface area (Å²) in [6.45, 7) is 9.69. The van der Waals surface area contributed by atoms with E-state index >= 15 is 0 Å². The van der Waals surface area contributed by atoms with Gasteiger partial charge in [0.2, 0.25) is 0 Å². The number of nitrogens with two attached hydrogens (primary N) is 1. The summed E-state index contributed by atoms with van der Waals surface area (Å²) in [6, 6.07) is 5.72. The molecule has 0 radical (unpaired) electrons. The van der Waals surface area contributed by atoms with Gasteiger partial charge < -0.3 is 5.73 Å². The number of halogens is 1. The number of alkyl halides is 1. The molecule has 0 saturated carbocycles. The molecule has 0 aliphatic carbocycles. The predicted molar refractivity (Wildman–Crippen MR) is 67.2 cm³/mol. The molecule has 0 heterocycles. The topological polar surface area (TPSA) is 26.0 Å². The van der Waals surface area contributed by atoms with Gasteiger partial charge in [-0.2, -0.15) is 0 Å². The molecule has 0 aliphatic heterocycles. The Morgan fingerprint density at radius 3 is 2.06 bits per heavy atom. The fraction of sp³-hybridized carbons (Fsp3) is 0.571. The van der Waals surface area contributed by atoms with Crippen molar-refractivity contribution in [2.75, 3.05) is 6.54 Å². The van der Waals surface area contributed by atoms with Gasteiger partial charge in [-0.3, -0.25) is 0 Å². The molecule has 1 unspecified atom stereocenters. The Balaban J connectivity index is 3.29. The van der Waals surface area contributed by atoms with E-state index in [0.717, 1.165) is 5.56 Å². The van der Waals surface area contributed by atoms with E-state index in [1.165, 1.54) is 5.56 Å². The SMILES string of the molecule is Cc1ccc(C(F)(CN)C(C)(C)C)cc1C. The summed E-state index contributed by atoms with van der Waals surface area (Å²) in [4.78, 5) is 0. The number of aryl methyl sites for hydroxylation is 2. The van der Waals surface area contributed by atoms with Crippen LogP contribution in [0.2, 0.25) is 0 Å². The summed E-state index contributed by atoms with van der Waals surface area (Å²) in [7, 11) is 0. The molecule has 90 valence electrons. The second-order valence-electron chi connectivity index (χ2n) is 5.55. The van der Waals surface area contributed by atoms with Crippen molar-refractivity contribution in [3.8, 4) is 0 Å². The number of benzene rings is 1. The van der Waals surface area contributed by atoms with Gasteiger partial charge in [-0.15, -0.1) is 0 Å². The van der Waals surface area contributed by atoms with Gasteiger partial charge in [0.05, 0.1) is 0 Å². The third kappa shape index (κ3) is 2.12. The van der Waals surface area contributed by atoms with E-state index in [9.17, 15) is 4.39 Å². The van der Waals surface area contributed by atoms with Crippen molar-refractivity contribution in [2.24, 2.45) is 11.1 Å². The van der Waals surface area contributed by atoms with Crippen molar-refractivity contribution in [1.29, 1.82) is 0 Å². The highest BCUT2D eigenvalue weighted by Crippen LogP contribution is 2.42. The van der Waals surface area contributed by atoms with Gasteiger partial charge in [0.15, 0.2) is 5.67 Å². The van der Waals surface area contributed by atoms with E-state index in [2.05, 4.69) is 0 Å². The molecule has 0 aromatic heterocycles. The van der Waals surface area contributed by atoms with Gasteiger partial charge in [-0.1, -0.05) is 39.0 Å². The van der Waals surface area contributed by atoms with E-state index < -0.39 is 11.1 Å². The van der Waals surface area contributed by atoms with Gasteiger partial charge in [0.1, 0.15) is 0 Å². The van der Waals surface area contributed by atoms with Gasteiger partial charge in [-0.25, -0.2) is 4.39 Å². The molecule has 2 N–H and O–H groups in total. The van der Waals surface area contributed by atoms with Crippen LogP contribution in [-0.4, -0.2) is 6.54 Å². The first-order valence-electron chi connectivity index (χ1n) is 5.69. The summed E-state index contributed by atoms with van der Waals surface area (Å²) < 4.78 is 14.9. The highest BCUT2D eigenvalue weighted by Gasteiger charge is 2.42. The van der Waals surface area contributed by atoms with Crippen LogP contribution in [0.4, 0.5) is 4.39 Å². The van der Waals surface area contributed by atoms with Gasteiger partial charge in [-0.05, 0) is 30.5 Å². The largest absolute Gasteiger partial charge is 0.327 e. The highest BCUT2D eigenvalue weighted by molar-refractivity contribution is 5.34. The Bertz CT molecular complexity index is 379. The van der Waals surface area contributed by atoms with Gasteiger partial charge >= 0.3 is 0 Å². The van der Waals surface area contributed by atoms with E-state index in [-0.39, 0.29) is 6.54 Å². The number of rotatable bonds is 2. The Labute approximate surface area is 97.9 Å².